The molecular weight excluding hydrogens is 314 g/mol. The van der Waals surface area contributed by atoms with Gasteiger partial charge in [-0.3, -0.25) is 4.72 Å². The molecule has 18 heavy (non-hydrogen) atoms. The van der Waals surface area contributed by atoms with E-state index >= 15 is 0 Å². The van der Waals surface area contributed by atoms with Crippen molar-refractivity contribution < 1.29 is 8.42 Å². The van der Waals surface area contributed by atoms with Crippen LogP contribution in [0.4, 0.5) is 5.69 Å². The molecule has 0 atom stereocenters. The zero-order chi connectivity index (χ0) is 14.0. The van der Waals surface area contributed by atoms with Crippen LogP contribution in [0.25, 0.3) is 0 Å². The number of sulfonamides is 1. The minimum Gasteiger partial charge on any atom is -0.284 e. The van der Waals surface area contributed by atoms with Gasteiger partial charge in [-0.15, -0.1) is 0 Å². The molecular formula is C13H20BrNO2S. The zero-order valence-electron chi connectivity index (χ0n) is 11.2. The largest absolute Gasteiger partial charge is 0.284 e. The Morgan fingerprint density at radius 2 is 1.89 bits per heavy atom. The molecule has 0 amide bonds. The van der Waals surface area contributed by atoms with E-state index in [-0.39, 0.29) is 11.2 Å². The first kappa shape index (κ1) is 15.5. The van der Waals surface area contributed by atoms with Crippen LogP contribution in [0.2, 0.25) is 0 Å². The third-order valence-electron chi connectivity index (χ3n) is 2.55. The molecule has 1 aromatic rings. The van der Waals surface area contributed by atoms with E-state index in [0.717, 1.165) is 10.0 Å². The normalized spacial score (nSPS) is 12.5. The van der Waals surface area contributed by atoms with Gasteiger partial charge >= 0.3 is 0 Å². The van der Waals surface area contributed by atoms with E-state index in [1.807, 2.05) is 39.8 Å². The van der Waals surface area contributed by atoms with Crippen molar-refractivity contribution in [3.8, 4) is 0 Å². The average Bonchev–Trinajstić information content (AvgIpc) is 2.20. The van der Waals surface area contributed by atoms with Crippen molar-refractivity contribution in [1.82, 2.24) is 0 Å². The number of hydrogen-bond acceptors (Lipinski definition) is 2. The molecule has 1 aromatic carbocycles. The van der Waals surface area contributed by atoms with Crippen LogP contribution in [0.15, 0.2) is 22.7 Å². The Hall–Kier alpha value is -0.550. The molecule has 102 valence electrons. The summed E-state index contributed by atoms with van der Waals surface area (Å²) in [4.78, 5) is 0. The molecule has 0 aliphatic rings. The van der Waals surface area contributed by atoms with Crippen LogP contribution >= 0.6 is 15.9 Å². The third kappa shape index (κ3) is 5.40. The van der Waals surface area contributed by atoms with Crippen LogP contribution < -0.4 is 4.72 Å². The van der Waals surface area contributed by atoms with Gasteiger partial charge in [0, 0.05) is 10.2 Å². The van der Waals surface area contributed by atoms with Crippen LogP contribution in [0.3, 0.4) is 0 Å². The minimum atomic E-state index is -3.26. The van der Waals surface area contributed by atoms with Gasteiger partial charge in [0.05, 0.1) is 5.75 Å². The van der Waals surface area contributed by atoms with Crippen LogP contribution in [0.5, 0.6) is 0 Å². The molecule has 0 unspecified atom stereocenters. The fourth-order valence-corrected chi connectivity index (χ4v) is 3.10. The molecule has 1 rings (SSSR count). The summed E-state index contributed by atoms with van der Waals surface area (Å²) in [6.45, 7) is 8.03. The molecule has 0 bridgehead atoms. The summed E-state index contributed by atoms with van der Waals surface area (Å²) < 4.78 is 27.4. The molecule has 0 radical (unpaired) electrons. The second-order valence-electron chi connectivity index (χ2n) is 5.70. The number of hydrogen-bond donors (Lipinski definition) is 1. The summed E-state index contributed by atoms with van der Waals surface area (Å²) in [5.74, 6) is 0.144. The van der Waals surface area contributed by atoms with Crippen LogP contribution in [-0.4, -0.2) is 14.2 Å². The number of benzene rings is 1. The highest BCUT2D eigenvalue weighted by molar-refractivity contribution is 9.10. The first-order valence-corrected chi connectivity index (χ1v) is 8.30. The number of halogens is 1. The summed E-state index contributed by atoms with van der Waals surface area (Å²) in [5.41, 5.74) is 1.64. The van der Waals surface area contributed by atoms with Crippen molar-refractivity contribution in [3.05, 3.63) is 28.2 Å². The Labute approximate surface area is 118 Å². The van der Waals surface area contributed by atoms with E-state index < -0.39 is 10.0 Å². The van der Waals surface area contributed by atoms with Crippen molar-refractivity contribution in [2.75, 3.05) is 10.5 Å². The van der Waals surface area contributed by atoms with Crippen molar-refractivity contribution in [2.24, 2.45) is 5.41 Å². The standard InChI is InChI=1S/C13H20BrNO2S/c1-10-9-11(5-6-12(10)14)15-18(16,17)8-7-13(2,3)4/h5-6,9,15H,7-8H2,1-4H3. The Kier molecular flexibility index (Phi) is 4.84. The van der Waals surface area contributed by atoms with E-state index in [9.17, 15) is 8.42 Å². The average molecular weight is 334 g/mol. The molecule has 0 fully saturated rings. The van der Waals surface area contributed by atoms with Crippen LogP contribution in [0.1, 0.15) is 32.8 Å². The Morgan fingerprint density at radius 1 is 1.28 bits per heavy atom. The molecule has 0 saturated heterocycles. The second kappa shape index (κ2) is 5.61. The Balaban J connectivity index is 2.74. The van der Waals surface area contributed by atoms with E-state index in [0.29, 0.717) is 12.1 Å². The molecule has 0 aliphatic carbocycles. The molecule has 0 spiro atoms. The summed E-state index contributed by atoms with van der Waals surface area (Å²) >= 11 is 3.39. The van der Waals surface area contributed by atoms with E-state index in [4.69, 9.17) is 0 Å². The lowest BCUT2D eigenvalue weighted by Crippen LogP contribution is -2.20. The number of rotatable bonds is 4. The molecule has 0 saturated carbocycles. The van der Waals surface area contributed by atoms with Gasteiger partial charge in [-0.05, 0) is 42.5 Å². The predicted molar refractivity (Wildman–Crippen MR) is 80.4 cm³/mol. The lowest BCUT2D eigenvalue weighted by Gasteiger charge is -2.18. The lowest BCUT2D eigenvalue weighted by molar-refractivity contribution is 0.397. The van der Waals surface area contributed by atoms with Gasteiger partial charge in [0.2, 0.25) is 10.0 Å². The van der Waals surface area contributed by atoms with Crippen molar-refractivity contribution in [2.45, 2.75) is 34.1 Å². The molecule has 3 nitrogen and oxygen atoms in total. The maximum Gasteiger partial charge on any atom is 0.232 e. The smallest absolute Gasteiger partial charge is 0.232 e. The Bertz CT molecular complexity index is 518. The van der Waals surface area contributed by atoms with Gasteiger partial charge in [0.15, 0.2) is 0 Å². The van der Waals surface area contributed by atoms with Gasteiger partial charge in [-0.1, -0.05) is 36.7 Å². The summed E-state index contributed by atoms with van der Waals surface area (Å²) in [6.07, 6.45) is 0.637. The van der Waals surface area contributed by atoms with Gasteiger partial charge < -0.3 is 0 Å². The molecule has 5 heteroatoms. The molecule has 0 aromatic heterocycles. The lowest BCUT2D eigenvalue weighted by atomic mass is 9.94. The molecule has 0 aliphatic heterocycles. The second-order valence-corrected chi connectivity index (χ2v) is 8.39. The van der Waals surface area contributed by atoms with Gasteiger partial charge in [-0.25, -0.2) is 8.42 Å². The zero-order valence-corrected chi connectivity index (χ0v) is 13.7. The maximum absolute atomic E-state index is 11.9. The number of aryl methyl sites for hydroxylation is 1. The SMILES string of the molecule is Cc1cc(NS(=O)(=O)CCC(C)(C)C)ccc1Br. The monoisotopic (exact) mass is 333 g/mol. The fourth-order valence-electron chi connectivity index (χ4n) is 1.38. The fraction of sp³-hybridized carbons (Fsp3) is 0.538. The highest BCUT2D eigenvalue weighted by Gasteiger charge is 2.17. The van der Waals surface area contributed by atoms with Gasteiger partial charge in [0.1, 0.15) is 0 Å². The van der Waals surface area contributed by atoms with Crippen molar-refractivity contribution in [3.63, 3.8) is 0 Å². The van der Waals surface area contributed by atoms with Crippen molar-refractivity contribution >= 4 is 31.6 Å². The summed E-state index contributed by atoms with van der Waals surface area (Å²) in [7, 11) is -3.26. The first-order valence-electron chi connectivity index (χ1n) is 5.86. The molecule has 0 heterocycles. The van der Waals surface area contributed by atoms with Gasteiger partial charge in [0.25, 0.3) is 0 Å². The van der Waals surface area contributed by atoms with E-state index in [1.54, 1.807) is 6.07 Å². The maximum atomic E-state index is 11.9. The van der Waals surface area contributed by atoms with Crippen molar-refractivity contribution in [1.29, 1.82) is 0 Å². The quantitative estimate of drug-likeness (QED) is 0.907. The van der Waals surface area contributed by atoms with E-state index in [1.165, 1.54) is 0 Å². The molecule has 1 N–H and O–H groups in total. The topological polar surface area (TPSA) is 46.2 Å². The first-order chi connectivity index (χ1) is 8.09. The van der Waals surface area contributed by atoms with E-state index in [2.05, 4.69) is 20.7 Å². The van der Waals surface area contributed by atoms with Crippen LogP contribution in [-0.2, 0) is 10.0 Å². The van der Waals surface area contributed by atoms with Gasteiger partial charge in [-0.2, -0.15) is 0 Å². The number of anilines is 1. The highest BCUT2D eigenvalue weighted by atomic mass is 79.9. The minimum absolute atomic E-state index is 0.0182. The van der Waals surface area contributed by atoms with Crippen LogP contribution in [0, 0.1) is 12.3 Å². The Morgan fingerprint density at radius 3 is 2.39 bits per heavy atom. The predicted octanol–water partition coefficient (Wildman–Crippen LogP) is 3.94. The third-order valence-corrected chi connectivity index (χ3v) is 4.73. The highest BCUT2D eigenvalue weighted by Crippen LogP contribution is 2.22. The number of nitrogens with one attached hydrogen (secondary N) is 1. The summed E-state index contributed by atoms with van der Waals surface area (Å²) in [6, 6.07) is 5.42. The summed E-state index contributed by atoms with van der Waals surface area (Å²) in [5, 5.41) is 0.